The first kappa shape index (κ1) is 11.2. The van der Waals surface area contributed by atoms with E-state index in [1.165, 1.54) is 17.9 Å². The molecule has 2 aromatic carbocycles. The highest BCUT2D eigenvalue weighted by Gasteiger charge is 1.98. The van der Waals surface area contributed by atoms with Crippen molar-refractivity contribution in [3.05, 3.63) is 48.0 Å². The van der Waals surface area contributed by atoms with Gasteiger partial charge in [-0.3, -0.25) is 0 Å². The lowest BCUT2D eigenvalue weighted by molar-refractivity contribution is -0.133. The number of ether oxygens (including phenoxy) is 1. The fourth-order valence-electron chi connectivity index (χ4n) is 1.71. The largest absolute Gasteiger partial charge is 0.459 e. The van der Waals surface area contributed by atoms with Crippen LogP contribution in [0.1, 0.15) is 5.56 Å². The summed E-state index contributed by atoms with van der Waals surface area (Å²) in [5.74, 6) is 4.76. The molecule has 84 valence electrons. The Balaban J connectivity index is 2.29. The number of esters is 1. The van der Waals surface area contributed by atoms with E-state index >= 15 is 0 Å². The van der Waals surface area contributed by atoms with Gasteiger partial charge in [0.2, 0.25) is 0 Å². The molecule has 2 heteroatoms. The van der Waals surface area contributed by atoms with Gasteiger partial charge in [-0.15, -0.1) is 0 Å². The molecule has 2 nitrogen and oxygen atoms in total. The zero-order chi connectivity index (χ0) is 12.1. The summed E-state index contributed by atoms with van der Waals surface area (Å²) >= 11 is 0. The second-order valence-corrected chi connectivity index (χ2v) is 3.61. The average molecular weight is 224 g/mol. The summed E-state index contributed by atoms with van der Waals surface area (Å²) in [6.45, 7) is 0. The lowest BCUT2D eigenvalue weighted by atomic mass is 10.0. The van der Waals surface area contributed by atoms with Gasteiger partial charge in [0.25, 0.3) is 0 Å². The van der Waals surface area contributed by atoms with E-state index in [1.807, 2.05) is 24.3 Å². The number of hydrogen-bond donors (Lipinski definition) is 0. The third-order valence-corrected chi connectivity index (χ3v) is 2.53. The Bertz CT molecular complexity index is 598. The molecule has 17 heavy (non-hydrogen) atoms. The highest BCUT2D eigenvalue weighted by molar-refractivity contribution is 5.89. The zero-order valence-corrected chi connectivity index (χ0v) is 9.57. The molecule has 0 aromatic heterocycles. The molecule has 0 fully saturated rings. The van der Waals surface area contributed by atoms with Crippen LogP contribution in [0.3, 0.4) is 0 Å². The van der Waals surface area contributed by atoms with Crippen LogP contribution in [0.4, 0.5) is 0 Å². The molecule has 0 N–H and O–H groups in total. The van der Waals surface area contributed by atoms with Gasteiger partial charge in [0.1, 0.15) is 0 Å². The topological polar surface area (TPSA) is 26.3 Å². The van der Waals surface area contributed by atoms with E-state index in [9.17, 15) is 4.79 Å². The Kier molecular flexibility index (Phi) is 3.42. The molecule has 0 atom stereocenters. The molecule has 0 saturated heterocycles. The molecule has 2 rings (SSSR count). The van der Waals surface area contributed by atoms with E-state index in [1.54, 1.807) is 0 Å². The number of benzene rings is 2. The normalized spacial score (nSPS) is 9.47. The maximum atomic E-state index is 10.9. The van der Waals surface area contributed by atoms with Crippen LogP contribution in [0.25, 0.3) is 10.8 Å². The third-order valence-electron chi connectivity index (χ3n) is 2.53. The maximum Gasteiger partial charge on any atom is 0.384 e. The Labute approximate surface area is 100 Å². The highest BCUT2D eigenvalue weighted by Crippen LogP contribution is 2.18. The Hall–Kier alpha value is -2.27. The number of hydrogen-bond acceptors (Lipinski definition) is 2. The van der Waals surface area contributed by atoms with Crippen molar-refractivity contribution in [2.24, 2.45) is 0 Å². The van der Waals surface area contributed by atoms with E-state index in [2.05, 4.69) is 34.8 Å². The molecule has 0 spiro atoms. The Morgan fingerprint density at radius 2 is 1.94 bits per heavy atom. The van der Waals surface area contributed by atoms with Crippen molar-refractivity contribution in [3.63, 3.8) is 0 Å². The van der Waals surface area contributed by atoms with E-state index in [0.29, 0.717) is 6.42 Å². The van der Waals surface area contributed by atoms with Gasteiger partial charge in [0.15, 0.2) is 0 Å². The first-order valence-corrected chi connectivity index (χ1v) is 5.34. The predicted octanol–water partition coefficient (Wildman–Crippen LogP) is 2.56. The second-order valence-electron chi connectivity index (χ2n) is 3.61. The average Bonchev–Trinajstić information content (AvgIpc) is 2.39. The molecule has 0 heterocycles. The summed E-state index contributed by atoms with van der Waals surface area (Å²) < 4.78 is 4.46. The molecule has 0 radical (unpaired) electrons. The van der Waals surface area contributed by atoms with Crippen molar-refractivity contribution in [1.82, 2.24) is 0 Å². The second kappa shape index (κ2) is 5.18. The van der Waals surface area contributed by atoms with Gasteiger partial charge in [0, 0.05) is 12.3 Å². The summed E-state index contributed by atoms with van der Waals surface area (Å²) in [5, 5.41) is 2.36. The highest BCUT2D eigenvalue weighted by atomic mass is 16.5. The smallest absolute Gasteiger partial charge is 0.384 e. The van der Waals surface area contributed by atoms with Crippen LogP contribution >= 0.6 is 0 Å². The molecular weight excluding hydrogens is 212 g/mol. The quantitative estimate of drug-likeness (QED) is 0.423. The van der Waals surface area contributed by atoms with Gasteiger partial charge in [-0.2, -0.15) is 0 Å². The molecule has 2 aromatic rings. The number of rotatable bonds is 1. The van der Waals surface area contributed by atoms with Crippen molar-refractivity contribution in [2.45, 2.75) is 6.42 Å². The predicted molar refractivity (Wildman–Crippen MR) is 67.4 cm³/mol. The van der Waals surface area contributed by atoms with Gasteiger partial charge in [0.05, 0.1) is 7.11 Å². The Morgan fingerprint density at radius 1 is 1.18 bits per heavy atom. The summed E-state index contributed by atoms with van der Waals surface area (Å²) in [6, 6.07) is 14.2. The molecular formula is C15H12O2. The monoisotopic (exact) mass is 224 g/mol. The number of fused-ring (bicyclic) bond motifs is 1. The van der Waals surface area contributed by atoms with Gasteiger partial charge in [-0.25, -0.2) is 4.79 Å². The van der Waals surface area contributed by atoms with E-state index in [4.69, 9.17) is 0 Å². The number of carbonyl (C=O) groups is 1. The molecule has 0 bridgehead atoms. The van der Waals surface area contributed by atoms with E-state index in [0.717, 1.165) is 5.56 Å². The minimum Gasteiger partial charge on any atom is -0.459 e. The van der Waals surface area contributed by atoms with Crippen molar-refractivity contribution in [3.8, 4) is 11.8 Å². The fraction of sp³-hybridized carbons (Fsp3) is 0.133. The number of carbonyl (C=O) groups excluding carboxylic acids is 1. The lowest BCUT2D eigenvalue weighted by Crippen LogP contribution is -1.95. The first-order valence-electron chi connectivity index (χ1n) is 5.34. The standard InChI is InChI=1S/C15H12O2/c1-17-15(16)11-5-9-13-8-4-7-12-6-2-3-10-14(12)13/h2-4,6-8,10H,9H2,1H3. The third kappa shape index (κ3) is 2.64. The van der Waals surface area contributed by atoms with Gasteiger partial charge in [-0.1, -0.05) is 48.4 Å². The van der Waals surface area contributed by atoms with Crippen LogP contribution in [0.15, 0.2) is 42.5 Å². The Morgan fingerprint density at radius 3 is 2.76 bits per heavy atom. The molecule has 0 saturated carbocycles. The van der Waals surface area contributed by atoms with Crippen LogP contribution in [0.5, 0.6) is 0 Å². The molecule has 0 aliphatic carbocycles. The van der Waals surface area contributed by atoms with Gasteiger partial charge >= 0.3 is 5.97 Å². The molecule has 0 amide bonds. The minimum absolute atomic E-state index is 0.495. The van der Waals surface area contributed by atoms with Crippen molar-refractivity contribution in [2.75, 3.05) is 7.11 Å². The van der Waals surface area contributed by atoms with Crippen LogP contribution < -0.4 is 0 Å². The molecule has 0 aliphatic rings. The minimum atomic E-state index is -0.495. The number of methoxy groups -OCH3 is 1. The summed E-state index contributed by atoms with van der Waals surface area (Å²) in [6.07, 6.45) is 0.552. The summed E-state index contributed by atoms with van der Waals surface area (Å²) in [5.41, 5.74) is 1.12. The van der Waals surface area contributed by atoms with Gasteiger partial charge < -0.3 is 4.74 Å². The van der Waals surface area contributed by atoms with Crippen LogP contribution in [0, 0.1) is 11.8 Å². The molecule has 0 aliphatic heterocycles. The van der Waals surface area contributed by atoms with E-state index in [-0.39, 0.29) is 0 Å². The SMILES string of the molecule is COC(=O)C#CCc1cccc2ccccc12. The summed E-state index contributed by atoms with van der Waals surface area (Å²) in [7, 11) is 1.33. The summed E-state index contributed by atoms with van der Waals surface area (Å²) in [4.78, 5) is 10.9. The lowest BCUT2D eigenvalue weighted by Gasteiger charge is -2.02. The van der Waals surface area contributed by atoms with Crippen molar-refractivity contribution in [1.29, 1.82) is 0 Å². The van der Waals surface area contributed by atoms with E-state index < -0.39 is 5.97 Å². The van der Waals surface area contributed by atoms with Crippen molar-refractivity contribution >= 4 is 16.7 Å². The van der Waals surface area contributed by atoms with Crippen molar-refractivity contribution < 1.29 is 9.53 Å². The van der Waals surface area contributed by atoms with Crippen LogP contribution in [-0.4, -0.2) is 13.1 Å². The van der Waals surface area contributed by atoms with Gasteiger partial charge in [-0.05, 0) is 16.3 Å². The first-order chi connectivity index (χ1) is 8.31. The molecule has 0 unspecified atom stereocenters. The zero-order valence-electron chi connectivity index (χ0n) is 9.57. The maximum absolute atomic E-state index is 10.9. The van der Waals surface area contributed by atoms with Crippen LogP contribution in [0.2, 0.25) is 0 Å². The fourth-order valence-corrected chi connectivity index (χ4v) is 1.71. The van der Waals surface area contributed by atoms with Crippen LogP contribution in [-0.2, 0) is 16.0 Å².